The second-order valence-corrected chi connectivity index (χ2v) is 4.37. The summed E-state index contributed by atoms with van der Waals surface area (Å²) >= 11 is 1.33. The zero-order chi connectivity index (χ0) is 12.0. The molecule has 16 heavy (non-hydrogen) atoms. The molecule has 1 atom stereocenters. The summed E-state index contributed by atoms with van der Waals surface area (Å²) < 4.78 is 4.15. The fraction of sp³-hybridized carbons (Fsp3) is 0.700. The van der Waals surface area contributed by atoms with Crippen molar-refractivity contribution < 1.29 is 9.90 Å². The van der Waals surface area contributed by atoms with Gasteiger partial charge in [-0.25, -0.2) is 4.98 Å². The van der Waals surface area contributed by atoms with Crippen LogP contribution in [0.15, 0.2) is 0 Å². The molecule has 0 bridgehead atoms. The predicted molar refractivity (Wildman–Crippen MR) is 63.8 cm³/mol. The van der Waals surface area contributed by atoms with E-state index in [1.165, 1.54) is 11.5 Å². The molecule has 0 saturated heterocycles. The fourth-order valence-corrected chi connectivity index (χ4v) is 1.96. The first kappa shape index (κ1) is 12.9. The van der Waals surface area contributed by atoms with E-state index in [1.807, 2.05) is 13.8 Å². The van der Waals surface area contributed by atoms with Crippen LogP contribution in [0.25, 0.3) is 0 Å². The van der Waals surface area contributed by atoms with Crippen LogP contribution in [-0.4, -0.2) is 27.0 Å². The highest BCUT2D eigenvalue weighted by Gasteiger charge is 2.11. The lowest BCUT2D eigenvalue weighted by Gasteiger charge is -2.11. The number of anilines is 1. The number of carbonyl (C=O) groups is 1. The van der Waals surface area contributed by atoms with Crippen molar-refractivity contribution in [3.05, 3.63) is 5.82 Å². The average Bonchev–Trinajstić information content (AvgIpc) is 2.71. The smallest absolute Gasteiger partial charge is 0.303 e. The monoisotopic (exact) mass is 243 g/mol. The average molecular weight is 243 g/mol. The summed E-state index contributed by atoms with van der Waals surface area (Å²) in [4.78, 5) is 14.8. The van der Waals surface area contributed by atoms with E-state index in [0.717, 1.165) is 23.8 Å². The van der Waals surface area contributed by atoms with Gasteiger partial charge in [-0.3, -0.25) is 4.79 Å². The highest BCUT2D eigenvalue weighted by atomic mass is 32.1. The van der Waals surface area contributed by atoms with Crippen LogP contribution in [0.1, 0.15) is 32.5 Å². The van der Waals surface area contributed by atoms with Crippen molar-refractivity contribution in [3.8, 4) is 0 Å². The molecule has 1 aromatic heterocycles. The number of carboxylic acid groups (broad SMARTS) is 1. The molecule has 90 valence electrons. The van der Waals surface area contributed by atoms with Gasteiger partial charge in [0, 0.05) is 30.9 Å². The number of aromatic nitrogens is 2. The van der Waals surface area contributed by atoms with Crippen molar-refractivity contribution in [1.29, 1.82) is 0 Å². The molecule has 0 radical (unpaired) electrons. The Hall–Kier alpha value is -1.17. The van der Waals surface area contributed by atoms with Crippen molar-refractivity contribution in [2.24, 2.45) is 5.92 Å². The standard InChI is InChI=1S/C10H17N3O2S/c1-3-7(5-9(14)15)6-11-10-12-8(4-2)13-16-10/h7H,3-6H2,1-2H3,(H,14,15)(H,11,12,13). The molecule has 0 aromatic carbocycles. The minimum absolute atomic E-state index is 0.145. The zero-order valence-electron chi connectivity index (χ0n) is 9.56. The highest BCUT2D eigenvalue weighted by Crippen LogP contribution is 2.14. The molecule has 0 aliphatic carbocycles. The third-order valence-corrected chi connectivity index (χ3v) is 3.08. The maximum atomic E-state index is 10.6. The summed E-state index contributed by atoms with van der Waals surface area (Å²) in [7, 11) is 0. The molecule has 0 aliphatic heterocycles. The summed E-state index contributed by atoms with van der Waals surface area (Å²) in [5, 5.41) is 12.6. The Bertz CT molecular complexity index is 341. The maximum Gasteiger partial charge on any atom is 0.303 e. The van der Waals surface area contributed by atoms with Crippen LogP contribution in [0.4, 0.5) is 5.13 Å². The van der Waals surface area contributed by atoms with Crippen LogP contribution in [0.3, 0.4) is 0 Å². The van der Waals surface area contributed by atoms with E-state index >= 15 is 0 Å². The molecule has 1 unspecified atom stereocenters. The molecule has 0 amide bonds. The summed E-state index contributed by atoms with van der Waals surface area (Å²) in [6.45, 7) is 4.64. The number of rotatable bonds is 7. The van der Waals surface area contributed by atoms with Crippen molar-refractivity contribution in [2.45, 2.75) is 33.1 Å². The Morgan fingerprint density at radius 3 is 2.81 bits per heavy atom. The lowest BCUT2D eigenvalue weighted by atomic mass is 10.0. The minimum atomic E-state index is -0.750. The molecule has 2 N–H and O–H groups in total. The molecule has 1 heterocycles. The number of aliphatic carboxylic acids is 1. The number of nitrogens with zero attached hydrogens (tertiary/aromatic N) is 2. The number of nitrogens with one attached hydrogen (secondary N) is 1. The van der Waals surface area contributed by atoms with Gasteiger partial charge in [0.05, 0.1) is 0 Å². The molecule has 0 saturated carbocycles. The number of carboxylic acids is 1. The predicted octanol–water partition coefficient (Wildman–Crippen LogP) is 2.01. The first-order valence-electron chi connectivity index (χ1n) is 5.43. The van der Waals surface area contributed by atoms with Crippen molar-refractivity contribution in [1.82, 2.24) is 9.36 Å². The summed E-state index contributed by atoms with van der Waals surface area (Å²) in [5.74, 6) is 0.227. The van der Waals surface area contributed by atoms with E-state index in [4.69, 9.17) is 5.11 Å². The Labute approximate surface area is 99.1 Å². The largest absolute Gasteiger partial charge is 0.481 e. The summed E-state index contributed by atoms with van der Waals surface area (Å²) in [6.07, 6.45) is 1.87. The molecule has 1 aromatic rings. The van der Waals surface area contributed by atoms with Crippen LogP contribution < -0.4 is 5.32 Å². The lowest BCUT2D eigenvalue weighted by molar-refractivity contribution is -0.138. The van der Waals surface area contributed by atoms with E-state index < -0.39 is 5.97 Å². The second-order valence-electron chi connectivity index (χ2n) is 3.62. The maximum absolute atomic E-state index is 10.6. The van der Waals surface area contributed by atoms with Crippen molar-refractivity contribution >= 4 is 22.6 Å². The quantitative estimate of drug-likeness (QED) is 0.766. The number of hydrogen-bond acceptors (Lipinski definition) is 5. The van der Waals surface area contributed by atoms with Crippen LogP contribution in [-0.2, 0) is 11.2 Å². The van der Waals surface area contributed by atoms with Crippen LogP contribution in [0, 0.1) is 5.92 Å². The highest BCUT2D eigenvalue weighted by molar-refractivity contribution is 7.09. The molecule has 0 fully saturated rings. The van der Waals surface area contributed by atoms with Gasteiger partial charge in [-0.2, -0.15) is 4.37 Å². The Balaban J connectivity index is 2.39. The van der Waals surface area contributed by atoms with Gasteiger partial charge < -0.3 is 10.4 Å². The molecular weight excluding hydrogens is 226 g/mol. The SMILES string of the molecule is CCc1nsc(NCC(CC)CC(=O)O)n1. The van der Waals surface area contributed by atoms with E-state index in [9.17, 15) is 4.79 Å². The van der Waals surface area contributed by atoms with Gasteiger partial charge in [-0.15, -0.1) is 0 Å². The van der Waals surface area contributed by atoms with Gasteiger partial charge in [0.2, 0.25) is 5.13 Å². The molecule has 0 spiro atoms. The minimum Gasteiger partial charge on any atom is -0.481 e. The van der Waals surface area contributed by atoms with Gasteiger partial charge in [0.25, 0.3) is 0 Å². The molecule has 0 aliphatic rings. The van der Waals surface area contributed by atoms with Gasteiger partial charge >= 0.3 is 5.97 Å². The van der Waals surface area contributed by atoms with Gasteiger partial charge in [-0.1, -0.05) is 20.3 Å². The molecule has 6 heteroatoms. The molecule has 5 nitrogen and oxygen atoms in total. The zero-order valence-corrected chi connectivity index (χ0v) is 10.4. The van der Waals surface area contributed by atoms with Crippen LogP contribution in [0.2, 0.25) is 0 Å². The van der Waals surface area contributed by atoms with E-state index in [1.54, 1.807) is 0 Å². The normalized spacial score (nSPS) is 12.4. The summed E-state index contributed by atoms with van der Waals surface area (Å²) in [6, 6.07) is 0. The number of hydrogen-bond donors (Lipinski definition) is 2. The molecular formula is C10H17N3O2S. The van der Waals surface area contributed by atoms with E-state index in [-0.39, 0.29) is 12.3 Å². The van der Waals surface area contributed by atoms with Crippen molar-refractivity contribution in [3.63, 3.8) is 0 Å². The topological polar surface area (TPSA) is 75.1 Å². The third-order valence-electron chi connectivity index (χ3n) is 2.37. The van der Waals surface area contributed by atoms with Gasteiger partial charge in [0.15, 0.2) is 0 Å². The lowest BCUT2D eigenvalue weighted by Crippen LogP contribution is -2.17. The number of aryl methyl sites for hydroxylation is 1. The van der Waals surface area contributed by atoms with E-state index in [2.05, 4.69) is 14.7 Å². The fourth-order valence-electron chi connectivity index (χ4n) is 1.31. The van der Waals surface area contributed by atoms with Crippen LogP contribution >= 0.6 is 11.5 Å². The van der Waals surface area contributed by atoms with E-state index in [0.29, 0.717) is 6.54 Å². The summed E-state index contributed by atoms with van der Waals surface area (Å²) in [5.41, 5.74) is 0. The van der Waals surface area contributed by atoms with Crippen LogP contribution in [0.5, 0.6) is 0 Å². The third kappa shape index (κ3) is 4.14. The van der Waals surface area contributed by atoms with Crippen molar-refractivity contribution in [2.75, 3.05) is 11.9 Å². The Kier molecular flexibility index (Phi) is 5.18. The van der Waals surface area contributed by atoms with Gasteiger partial charge in [-0.05, 0) is 5.92 Å². The first-order chi connectivity index (χ1) is 7.65. The first-order valence-corrected chi connectivity index (χ1v) is 6.21. The Morgan fingerprint density at radius 1 is 1.56 bits per heavy atom. The van der Waals surface area contributed by atoms with Gasteiger partial charge in [0.1, 0.15) is 5.82 Å². The second kappa shape index (κ2) is 6.42. The Morgan fingerprint density at radius 2 is 2.31 bits per heavy atom. The molecule has 1 rings (SSSR count).